The number of halogens is 1. The van der Waals surface area contributed by atoms with E-state index in [0.717, 1.165) is 5.56 Å². The number of ether oxygens (including phenoxy) is 1. The van der Waals surface area contributed by atoms with Gasteiger partial charge in [0.25, 0.3) is 0 Å². The van der Waals surface area contributed by atoms with E-state index in [2.05, 4.69) is 9.97 Å². The van der Waals surface area contributed by atoms with Gasteiger partial charge in [-0.05, 0) is 37.6 Å². The molecule has 0 aliphatic carbocycles. The fourth-order valence-electron chi connectivity index (χ4n) is 1.87. The second kappa shape index (κ2) is 6.63. The molecule has 0 radical (unpaired) electrons. The zero-order valence-electron chi connectivity index (χ0n) is 12.4. The highest BCUT2D eigenvalue weighted by Gasteiger charge is 2.10. The molecule has 5 nitrogen and oxygen atoms in total. The van der Waals surface area contributed by atoms with Gasteiger partial charge >= 0.3 is 0 Å². The first-order valence-corrected chi connectivity index (χ1v) is 7.08. The minimum Gasteiger partial charge on any atom is -0.475 e. The molecule has 0 bridgehead atoms. The van der Waals surface area contributed by atoms with Crippen LogP contribution in [0, 0.1) is 0 Å². The molecule has 0 unspecified atom stereocenters. The Morgan fingerprint density at radius 1 is 1.33 bits per heavy atom. The number of benzene rings is 1. The molecule has 2 N–H and O–H groups in total. The van der Waals surface area contributed by atoms with Gasteiger partial charge in [0.05, 0.1) is 6.10 Å². The lowest BCUT2D eigenvalue weighted by Gasteiger charge is -2.19. The molecule has 21 heavy (non-hydrogen) atoms. The van der Waals surface area contributed by atoms with Crippen LogP contribution < -0.4 is 15.4 Å². The Balaban J connectivity index is 2.16. The van der Waals surface area contributed by atoms with Crippen molar-refractivity contribution < 1.29 is 4.74 Å². The van der Waals surface area contributed by atoms with Crippen LogP contribution in [0.25, 0.3) is 0 Å². The highest BCUT2D eigenvalue weighted by atomic mass is 35.5. The van der Waals surface area contributed by atoms with Gasteiger partial charge in [0, 0.05) is 36.6 Å². The summed E-state index contributed by atoms with van der Waals surface area (Å²) in [4.78, 5) is 10.5. The lowest BCUT2D eigenvalue weighted by atomic mass is 10.2. The van der Waals surface area contributed by atoms with E-state index in [4.69, 9.17) is 22.1 Å². The van der Waals surface area contributed by atoms with Crippen LogP contribution in [-0.2, 0) is 6.54 Å². The van der Waals surface area contributed by atoms with E-state index in [1.165, 1.54) is 0 Å². The van der Waals surface area contributed by atoms with Crippen molar-refractivity contribution in [3.63, 3.8) is 0 Å². The van der Waals surface area contributed by atoms with E-state index in [1.807, 2.05) is 31.9 Å². The van der Waals surface area contributed by atoms with Crippen molar-refractivity contribution in [2.24, 2.45) is 0 Å². The molecule has 0 saturated carbocycles. The summed E-state index contributed by atoms with van der Waals surface area (Å²) in [6.07, 6.45) is 1.75. The fraction of sp³-hybridized carbons (Fsp3) is 0.333. The summed E-state index contributed by atoms with van der Waals surface area (Å²) in [6, 6.07) is 7.16. The van der Waals surface area contributed by atoms with Gasteiger partial charge in [-0.1, -0.05) is 11.6 Å². The maximum atomic E-state index is 6.18. The first-order valence-electron chi connectivity index (χ1n) is 6.70. The average Bonchev–Trinajstić information content (AvgIpc) is 2.42. The Kier molecular flexibility index (Phi) is 4.85. The smallest absolute Gasteiger partial charge is 0.228 e. The highest BCUT2D eigenvalue weighted by Crippen LogP contribution is 2.22. The molecule has 0 saturated heterocycles. The average molecular weight is 307 g/mol. The van der Waals surface area contributed by atoms with Crippen molar-refractivity contribution in [2.45, 2.75) is 26.5 Å². The molecule has 6 heteroatoms. The molecule has 2 rings (SSSR count). The first-order chi connectivity index (χ1) is 9.95. The van der Waals surface area contributed by atoms with E-state index in [-0.39, 0.29) is 6.10 Å². The summed E-state index contributed by atoms with van der Waals surface area (Å²) in [5.74, 6) is 1.13. The quantitative estimate of drug-likeness (QED) is 0.860. The maximum Gasteiger partial charge on any atom is 0.228 e. The number of hydrogen-bond donors (Lipinski definition) is 1. The summed E-state index contributed by atoms with van der Waals surface area (Å²) < 4.78 is 5.57. The summed E-state index contributed by atoms with van der Waals surface area (Å²) >= 11 is 6.18. The molecule has 1 aromatic carbocycles. The van der Waals surface area contributed by atoms with Crippen LogP contribution in [0.15, 0.2) is 30.5 Å². The van der Waals surface area contributed by atoms with Gasteiger partial charge in [-0.2, -0.15) is 4.98 Å². The number of hydrogen-bond acceptors (Lipinski definition) is 5. The lowest BCUT2D eigenvalue weighted by Crippen LogP contribution is -2.20. The molecule has 0 aliphatic heterocycles. The zero-order chi connectivity index (χ0) is 15.4. The largest absolute Gasteiger partial charge is 0.475 e. The minimum absolute atomic E-state index is 0.0708. The van der Waals surface area contributed by atoms with Crippen LogP contribution in [-0.4, -0.2) is 23.1 Å². The first kappa shape index (κ1) is 15.4. The minimum atomic E-state index is 0.0708. The number of nitrogens with two attached hydrogens (primary N) is 1. The molecule has 0 aliphatic rings. The molecule has 1 aromatic heterocycles. The summed E-state index contributed by atoms with van der Waals surface area (Å²) in [6.45, 7) is 4.48. The van der Waals surface area contributed by atoms with Gasteiger partial charge < -0.3 is 15.4 Å². The van der Waals surface area contributed by atoms with Crippen molar-refractivity contribution in [3.05, 3.63) is 41.0 Å². The van der Waals surface area contributed by atoms with Crippen molar-refractivity contribution >= 4 is 23.2 Å². The van der Waals surface area contributed by atoms with Crippen LogP contribution >= 0.6 is 11.6 Å². The maximum absolute atomic E-state index is 6.18. The third-order valence-electron chi connectivity index (χ3n) is 2.79. The normalized spacial score (nSPS) is 10.7. The van der Waals surface area contributed by atoms with Crippen molar-refractivity contribution in [1.82, 2.24) is 9.97 Å². The molecule has 2 aromatic rings. The Hall–Kier alpha value is -2.01. The standard InChI is InChI=1S/C15H19ClN4O/c1-10(2)21-14-6-7-18-15(19-14)20(3)9-11-8-12(17)4-5-13(11)16/h4-8,10H,9,17H2,1-3H3. The molecular weight excluding hydrogens is 288 g/mol. The summed E-state index contributed by atoms with van der Waals surface area (Å²) in [5.41, 5.74) is 7.40. The number of anilines is 2. The van der Waals surface area contributed by atoms with E-state index < -0.39 is 0 Å². The van der Waals surface area contributed by atoms with E-state index in [0.29, 0.717) is 29.1 Å². The number of rotatable bonds is 5. The van der Waals surface area contributed by atoms with Crippen molar-refractivity contribution in [1.29, 1.82) is 0 Å². The lowest BCUT2D eigenvalue weighted by molar-refractivity contribution is 0.232. The van der Waals surface area contributed by atoms with Crippen molar-refractivity contribution in [3.8, 4) is 5.88 Å². The zero-order valence-corrected chi connectivity index (χ0v) is 13.1. The van der Waals surface area contributed by atoms with Crippen LogP contribution in [0.5, 0.6) is 5.88 Å². The van der Waals surface area contributed by atoms with Gasteiger partial charge in [-0.3, -0.25) is 0 Å². The SMILES string of the molecule is CC(C)Oc1ccnc(N(C)Cc2cc(N)ccc2Cl)n1. The van der Waals surface area contributed by atoms with E-state index in [9.17, 15) is 0 Å². The Morgan fingerprint density at radius 3 is 2.81 bits per heavy atom. The number of nitrogen functional groups attached to an aromatic ring is 1. The van der Waals surface area contributed by atoms with Crippen LogP contribution in [0.1, 0.15) is 19.4 Å². The van der Waals surface area contributed by atoms with Gasteiger partial charge in [0.2, 0.25) is 11.8 Å². The van der Waals surface area contributed by atoms with Gasteiger partial charge in [-0.15, -0.1) is 0 Å². The molecule has 1 heterocycles. The topological polar surface area (TPSA) is 64.3 Å². The van der Waals surface area contributed by atoms with Crippen molar-refractivity contribution in [2.75, 3.05) is 17.7 Å². The van der Waals surface area contributed by atoms with Crippen LogP contribution in [0.3, 0.4) is 0 Å². The third kappa shape index (κ3) is 4.23. The molecular formula is C15H19ClN4O. The van der Waals surface area contributed by atoms with Gasteiger partial charge in [0.15, 0.2) is 0 Å². The molecule has 0 amide bonds. The molecule has 112 valence electrons. The predicted octanol–water partition coefficient (Wildman–Crippen LogP) is 3.14. The summed E-state index contributed by atoms with van der Waals surface area (Å²) in [7, 11) is 1.90. The van der Waals surface area contributed by atoms with E-state index in [1.54, 1.807) is 24.4 Å². The van der Waals surface area contributed by atoms with E-state index >= 15 is 0 Å². The van der Waals surface area contributed by atoms with Crippen LogP contribution in [0.4, 0.5) is 11.6 Å². The predicted molar refractivity (Wildman–Crippen MR) is 85.8 cm³/mol. The fourth-order valence-corrected chi connectivity index (χ4v) is 2.04. The molecule has 0 fully saturated rings. The summed E-state index contributed by atoms with van der Waals surface area (Å²) in [5, 5.41) is 0.672. The van der Waals surface area contributed by atoms with Gasteiger partial charge in [0.1, 0.15) is 0 Å². The third-order valence-corrected chi connectivity index (χ3v) is 3.16. The number of aromatic nitrogens is 2. The molecule has 0 atom stereocenters. The monoisotopic (exact) mass is 306 g/mol. The van der Waals surface area contributed by atoms with Crippen LogP contribution in [0.2, 0.25) is 5.02 Å². The second-order valence-electron chi connectivity index (χ2n) is 5.07. The number of nitrogens with zero attached hydrogens (tertiary/aromatic N) is 3. The Morgan fingerprint density at radius 2 is 2.10 bits per heavy atom. The van der Waals surface area contributed by atoms with Gasteiger partial charge in [-0.25, -0.2) is 4.98 Å². The Bertz CT molecular complexity index is 618. The highest BCUT2D eigenvalue weighted by molar-refractivity contribution is 6.31. The second-order valence-corrected chi connectivity index (χ2v) is 5.48. The Labute approximate surface area is 129 Å². The molecule has 0 spiro atoms.